The SMILES string of the molecule is Cc1cc(C)cc([C@@H](C(F)F)N2CCNCC2)c1.Cl.Cl. The smallest absolute Gasteiger partial charge is 0.258 e. The number of hydrogen-bond donors (Lipinski definition) is 1. The Kier molecular flexibility index (Phi) is 8.59. The van der Waals surface area contributed by atoms with Crippen molar-refractivity contribution in [3.63, 3.8) is 0 Å². The lowest BCUT2D eigenvalue weighted by atomic mass is 10.00. The summed E-state index contributed by atoms with van der Waals surface area (Å²) in [6, 6.07) is 5.01. The Morgan fingerprint density at radius 1 is 1.00 bits per heavy atom. The molecule has 1 fully saturated rings. The molecule has 0 aromatic heterocycles. The molecule has 0 unspecified atom stereocenters. The summed E-state index contributed by atoms with van der Waals surface area (Å²) in [5.41, 5.74) is 2.83. The third kappa shape index (κ3) is 4.85. The highest BCUT2D eigenvalue weighted by atomic mass is 35.5. The molecule has 1 aliphatic rings. The number of hydrogen-bond acceptors (Lipinski definition) is 2. The van der Waals surface area contributed by atoms with Crippen molar-refractivity contribution in [3.05, 3.63) is 34.9 Å². The van der Waals surface area contributed by atoms with E-state index in [1.807, 2.05) is 36.9 Å². The normalized spacial score (nSPS) is 17.2. The maximum absolute atomic E-state index is 13.4. The van der Waals surface area contributed by atoms with Crippen molar-refractivity contribution < 1.29 is 8.78 Å². The van der Waals surface area contributed by atoms with Gasteiger partial charge in [-0.25, -0.2) is 8.78 Å². The Hall–Kier alpha value is -0.420. The average molecular weight is 327 g/mol. The standard InChI is InChI=1S/C14H20F2N2.2ClH/c1-10-7-11(2)9-12(8-10)13(14(15)16)18-5-3-17-4-6-18;;/h7-9,13-14,17H,3-6H2,1-2H3;2*1H/t13-;;/m0../s1. The van der Waals surface area contributed by atoms with Gasteiger partial charge in [0.05, 0.1) is 6.04 Å². The maximum atomic E-state index is 13.4. The number of piperazine rings is 1. The molecule has 0 aliphatic carbocycles. The quantitative estimate of drug-likeness (QED) is 0.916. The lowest BCUT2D eigenvalue weighted by Crippen LogP contribution is -2.46. The van der Waals surface area contributed by atoms with Crippen molar-refractivity contribution in [2.75, 3.05) is 26.2 Å². The van der Waals surface area contributed by atoms with Crippen molar-refractivity contribution in [2.45, 2.75) is 26.3 Å². The zero-order chi connectivity index (χ0) is 13.1. The molecular weight excluding hydrogens is 305 g/mol. The molecule has 1 saturated heterocycles. The van der Waals surface area contributed by atoms with E-state index in [9.17, 15) is 8.78 Å². The molecule has 2 rings (SSSR count). The summed E-state index contributed by atoms with van der Waals surface area (Å²) in [5, 5.41) is 3.20. The molecule has 0 spiro atoms. The van der Waals surface area contributed by atoms with Crippen molar-refractivity contribution in [3.8, 4) is 0 Å². The second-order valence-electron chi connectivity index (χ2n) is 4.99. The van der Waals surface area contributed by atoms with Crippen LogP contribution in [0.2, 0.25) is 0 Å². The van der Waals surface area contributed by atoms with E-state index in [-0.39, 0.29) is 24.8 Å². The molecule has 1 heterocycles. The molecule has 1 N–H and O–H groups in total. The number of nitrogens with zero attached hydrogens (tertiary/aromatic N) is 1. The van der Waals surface area contributed by atoms with Crippen LogP contribution in [0.4, 0.5) is 8.78 Å². The first-order valence-corrected chi connectivity index (χ1v) is 6.39. The average Bonchev–Trinajstić information content (AvgIpc) is 2.28. The van der Waals surface area contributed by atoms with Gasteiger partial charge in [0.1, 0.15) is 0 Å². The topological polar surface area (TPSA) is 15.3 Å². The van der Waals surface area contributed by atoms with Crippen molar-refractivity contribution in [1.29, 1.82) is 0 Å². The van der Waals surface area contributed by atoms with Crippen molar-refractivity contribution in [2.24, 2.45) is 0 Å². The third-order valence-electron chi connectivity index (χ3n) is 3.37. The minimum absolute atomic E-state index is 0. The van der Waals surface area contributed by atoms with Gasteiger partial charge in [-0.15, -0.1) is 24.8 Å². The molecule has 0 saturated carbocycles. The monoisotopic (exact) mass is 326 g/mol. The van der Waals surface area contributed by atoms with Crippen LogP contribution >= 0.6 is 24.8 Å². The molecule has 1 atom stereocenters. The molecule has 6 heteroatoms. The molecule has 20 heavy (non-hydrogen) atoms. The number of halogens is 4. The lowest BCUT2D eigenvalue weighted by Gasteiger charge is -2.34. The maximum Gasteiger partial charge on any atom is 0.258 e. The summed E-state index contributed by atoms with van der Waals surface area (Å²) in [4.78, 5) is 1.88. The predicted molar refractivity (Wildman–Crippen MR) is 83.6 cm³/mol. The summed E-state index contributed by atoms with van der Waals surface area (Å²) in [7, 11) is 0. The van der Waals surface area contributed by atoms with Gasteiger partial charge >= 0.3 is 0 Å². The van der Waals surface area contributed by atoms with E-state index in [2.05, 4.69) is 5.32 Å². The van der Waals surface area contributed by atoms with Gasteiger partial charge in [0.25, 0.3) is 6.43 Å². The predicted octanol–water partition coefficient (Wildman–Crippen LogP) is 3.36. The summed E-state index contributed by atoms with van der Waals surface area (Å²) < 4.78 is 26.7. The zero-order valence-corrected chi connectivity index (χ0v) is 13.4. The van der Waals surface area contributed by atoms with Gasteiger partial charge in [-0.05, 0) is 19.4 Å². The van der Waals surface area contributed by atoms with E-state index in [1.165, 1.54) is 0 Å². The van der Waals surface area contributed by atoms with Gasteiger partial charge in [-0.2, -0.15) is 0 Å². The van der Waals surface area contributed by atoms with Crippen LogP contribution in [0, 0.1) is 13.8 Å². The van der Waals surface area contributed by atoms with Crippen LogP contribution in [0.25, 0.3) is 0 Å². The van der Waals surface area contributed by atoms with Gasteiger partial charge in [0.2, 0.25) is 0 Å². The Morgan fingerprint density at radius 3 is 1.95 bits per heavy atom. The van der Waals surface area contributed by atoms with Crippen LogP contribution in [0.5, 0.6) is 0 Å². The third-order valence-corrected chi connectivity index (χ3v) is 3.37. The highest BCUT2D eigenvalue weighted by Crippen LogP contribution is 2.29. The van der Waals surface area contributed by atoms with Crippen LogP contribution in [-0.4, -0.2) is 37.5 Å². The number of alkyl halides is 2. The van der Waals surface area contributed by atoms with E-state index in [1.54, 1.807) is 0 Å². The number of benzene rings is 1. The molecule has 0 bridgehead atoms. The van der Waals surface area contributed by atoms with Gasteiger partial charge in [-0.3, -0.25) is 4.90 Å². The first-order valence-electron chi connectivity index (χ1n) is 6.39. The first kappa shape index (κ1) is 19.6. The number of rotatable bonds is 3. The van der Waals surface area contributed by atoms with Gasteiger partial charge in [-0.1, -0.05) is 29.3 Å². The summed E-state index contributed by atoms with van der Waals surface area (Å²) in [5.74, 6) is 0. The van der Waals surface area contributed by atoms with Crippen LogP contribution in [0.1, 0.15) is 22.7 Å². The molecule has 1 aliphatic heterocycles. The fourth-order valence-electron chi connectivity index (χ4n) is 2.66. The van der Waals surface area contributed by atoms with Gasteiger partial charge in [0.15, 0.2) is 0 Å². The minimum atomic E-state index is -2.34. The fraction of sp³-hybridized carbons (Fsp3) is 0.571. The Balaban J connectivity index is 0.00000180. The van der Waals surface area contributed by atoms with E-state index >= 15 is 0 Å². The Labute approximate surface area is 131 Å². The molecular formula is C14H22Cl2F2N2. The Morgan fingerprint density at radius 2 is 1.50 bits per heavy atom. The van der Waals surface area contributed by atoms with Gasteiger partial charge < -0.3 is 5.32 Å². The van der Waals surface area contributed by atoms with Crippen LogP contribution in [0.3, 0.4) is 0 Å². The number of aryl methyl sites for hydroxylation is 2. The summed E-state index contributed by atoms with van der Waals surface area (Å²) >= 11 is 0. The Bertz CT molecular complexity index is 390. The van der Waals surface area contributed by atoms with E-state index in [4.69, 9.17) is 0 Å². The van der Waals surface area contributed by atoms with Crippen LogP contribution < -0.4 is 5.32 Å². The summed E-state index contributed by atoms with van der Waals surface area (Å²) in [6.07, 6.45) is -2.34. The second-order valence-corrected chi connectivity index (χ2v) is 4.99. The second kappa shape index (κ2) is 8.78. The minimum Gasteiger partial charge on any atom is -0.314 e. The molecule has 0 amide bonds. The number of nitrogens with one attached hydrogen (secondary N) is 1. The lowest BCUT2D eigenvalue weighted by molar-refractivity contribution is 0.0181. The zero-order valence-electron chi connectivity index (χ0n) is 11.7. The molecule has 1 aromatic rings. The largest absolute Gasteiger partial charge is 0.314 e. The summed E-state index contributed by atoms with van der Waals surface area (Å²) in [6.45, 7) is 6.85. The molecule has 116 valence electrons. The molecule has 0 radical (unpaired) electrons. The van der Waals surface area contributed by atoms with E-state index < -0.39 is 12.5 Å². The van der Waals surface area contributed by atoms with Gasteiger partial charge in [0, 0.05) is 26.2 Å². The van der Waals surface area contributed by atoms with Crippen molar-refractivity contribution in [1.82, 2.24) is 10.2 Å². The fourth-order valence-corrected chi connectivity index (χ4v) is 2.66. The highest BCUT2D eigenvalue weighted by Gasteiger charge is 2.30. The van der Waals surface area contributed by atoms with E-state index in [0.29, 0.717) is 13.1 Å². The van der Waals surface area contributed by atoms with Crippen molar-refractivity contribution >= 4 is 24.8 Å². The molecule has 1 aromatic carbocycles. The van der Waals surface area contributed by atoms with Crippen LogP contribution in [0.15, 0.2) is 18.2 Å². The van der Waals surface area contributed by atoms with E-state index in [0.717, 1.165) is 29.8 Å². The highest BCUT2D eigenvalue weighted by molar-refractivity contribution is 5.85. The van der Waals surface area contributed by atoms with Crippen LogP contribution in [-0.2, 0) is 0 Å². The first-order chi connectivity index (χ1) is 8.58. The molecule has 2 nitrogen and oxygen atoms in total.